The molecule has 0 aromatic heterocycles. The first-order valence-corrected chi connectivity index (χ1v) is 8.57. The van der Waals surface area contributed by atoms with Gasteiger partial charge >= 0.3 is 18.0 Å². The topological polar surface area (TPSA) is 102 Å². The summed E-state index contributed by atoms with van der Waals surface area (Å²) in [6, 6.07) is -0.590. The Bertz CT molecular complexity index is 582. The Kier molecular flexibility index (Phi) is 5.39. The molecule has 0 aromatic rings. The monoisotopic (exact) mass is 354 g/mol. The lowest BCUT2D eigenvalue weighted by Gasteiger charge is -2.36. The number of rotatable bonds is 4. The van der Waals surface area contributed by atoms with Gasteiger partial charge in [0.25, 0.3) is 5.91 Å². The van der Waals surface area contributed by atoms with E-state index in [1.165, 1.54) is 0 Å². The molecule has 1 aliphatic carbocycles. The zero-order valence-electron chi connectivity index (χ0n) is 15.2. The number of esters is 2. The minimum atomic E-state index is -0.916. The predicted octanol–water partition coefficient (Wildman–Crippen LogP) is 1.37. The zero-order chi connectivity index (χ0) is 18.8. The van der Waals surface area contributed by atoms with E-state index in [-0.39, 0.29) is 11.8 Å². The third-order valence-electron chi connectivity index (χ3n) is 4.56. The molecular weight excluding hydrogens is 328 g/mol. The van der Waals surface area contributed by atoms with Gasteiger partial charge in [-0.3, -0.25) is 14.5 Å². The van der Waals surface area contributed by atoms with Crippen LogP contribution >= 0.6 is 0 Å². The predicted molar refractivity (Wildman–Crippen MR) is 87.4 cm³/mol. The molecule has 1 saturated heterocycles. The molecule has 1 aliphatic heterocycles. The summed E-state index contributed by atoms with van der Waals surface area (Å²) in [6.07, 6.45) is 3.29. The lowest BCUT2D eigenvalue weighted by atomic mass is 9.73. The second kappa shape index (κ2) is 7.01. The number of hydrogen-bond acceptors (Lipinski definition) is 6. The van der Waals surface area contributed by atoms with Gasteiger partial charge in [0.05, 0.1) is 0 Å². The molecule has 1 spiro atoms. The van der Waals surface area contributed by atoms with Crippen LogP contribution < -0.4 is 5.32 Å². The number of hydrogen-bond donors (Lipinski definition) is 1. The first kappa shape index (κ1) is 19.2. The third kappa shape index (κ3) is 4.29. The van der Waals surface area contributed by atoms with Crippen LogP contribution in [0.5, 0.6) is 0 Å². The van der Waals surface area contributed by atoms with Crippen molar-refractivity contribution in [2.45, 2.75) is 64.5 Å². The van der Waals surface area contributed by atoms with Crippen molar-refractivity contribution in [3.8, 4) is 0 Å². The van der Waals surface area contributed by atoms with Gasteiger partial charge in [0, 0.05) is 0 Å². The molecule has 0 radical (unpaired) electrons. The Morgan fingerprint density at radius 2 is 1.92 bits per heavy atom. The van der Waals surface area contributed by atoms with Crippen LogP contribution in [0, 0.1) is 5.92 Å². The summed E-state index contributed by atoms with van der Waals surface area (Å²) >= 11 is 0. The van der Waals surface area contributed by atoms with Crippen molar-refractivity contribution in [3.63, 3.8) is 0 Å². The van der Waals surface area contributed by atoms with Crippen LogP contribution in [0.1, 0.15) is 53.4 Å². The zero-order valence-corrected chi connectivity index (χ0v) is 15.2. The summed E-state index contributed by atoms with van der Waals surface area (Å²) in [4.78, 5) is 49.2. The second-order valence-corrected chi connectivity index (χ2v) is 7.69. The van der Waals surface area contributed by atoms with Crippen molar-refractivity contribution in [2.75, 3.05) is 13.2 Å². The fourth-order valence-electron chi connectivity index (χ4n) is 3.32. The molecule has 1 heterocycles. The SMILES string of the molecule is C[C@H]1CCCC[C@]12NC(=O)N(CC(=O)OCC(=O)OC(C)(C)C)C2=O. The highest BCUT2D eigenvalue weighted by Gasteiger charge is 2.55. The summed E-state index contributed by atoms with van der Waals surface area (Å²) in [6.45, 7) is 5.96. The fourth-order valence-corrected chi connectivity index (χ4v) is 3.32. The van der Waals surface area contributed by atoms with Crippen molar-refractivity contribution in [1.82, 2.24) is 10.2 Å². The maximum atomic E-state index is 12.7. The number of urea groups is 1. The fraction of sp³-hybridized carbons (Fsp3) is 0.765. The highest BCUT2D eigenvalue weighted by molar-refractivity contribution is 6.09. The van der Waals surface area contributed by atoms with Crippen molar-refractivity contribution in [2.24, 2.45) is 5.92 Å². The number of nitrogens with one attached hydrogen (secondary N) is 1. The number of imide groups is 1. The van der Waals surface area contributed by atoms with E-state index in [1.54, 1.807) is 20.8 Å². The summed E-state index contributed by atoms with van der Waals surface area (Å²) in [5.74, 6) is -1.88. The molecule has 0 aromatic carbocycles. The molecule has 1 saturated carbocycles. The highest BCUT2D eigenvalue weighted by atomic mass is 16.6. The Morgan fingerprint density at radius 3 is 2.52 bits per heavy atom. The van der Waals surface area contributed by atoms with Gasteiger partial charge in [-0.25, -0.2) is 9.59 Å². The van der Waals surface area contributed by atoms with Crippen molar-refractivity contribution in [3.05, 3.63) is 0 Å². The van der Waals surface area contributed by atoms with E-state index >= 15 is 0 Å². The Morgan fingerprint density at radius 1 is 1.24 bits per heavy atom. The van der Waals surface area contributed by atoms with Gasteiger partial charge in [-0.05, 0) is 39.5 Å². The van der Waals surface area contributed by atoms with Gasteiger partial charge in [-0.2, -0.15) is 0 Å². The first-order valence-electron chi connectivity index (χ1n) is 8.57. The molecule has 25 heavy (non-hydrogen) atoms. The van der Waals surface area contributed by atoms with Crippen LogP contribution in [0.4, 0.5) is 4.79 Å². The van der Waals surface area contributed by atoms with Crippen LogP contribution in [-0.4, -0.2) is 53.1 Å². The maximum Gasteiger partial charge on any atom is 0.344 e. The van der Waals surface area contributed by atoms with Gasteiger partial charge in [0.15, 0.2) is 6.61 Å². The van der Waals surface area contributed by atoms with Crippen molar-refractivity contribution < 1.29 is 28.7 Å². The summed E-state index contributed by atoms with van der Waals surface area (Å²) in [5.41, 5.74) is -1.60. The van der Waals surface area contributed by atoms with Crippen LogP contribution in [0.25, 0.3) is 0 Å². The number of ether oxygens (including phenoxy) is 2. The molecule has 1 N–H and O–H groups in total. The Balaban J connectivity index is 1.91. The van der Waals surface area contributed by atoms with Crippen LogP contribution in [-0.2, 0) is 23.9 Å². The highest BCUT2D eigenvalue weighted by Crippen LogP contribution is 2.38. The van der Waals surface area contributed by atoms with E-state index in [1.807, 2.05) is 6.92 Å². The molecule has 8 heteroatoms. The normalized spacial score (nSPS) is 26.6. The summed E-state index contributed by atoms with van der Waals surface area (Å²) in [5, 5.41) is 2.76. The Labute approximate surface area is 147 Å². The number of carbonyl (C=O) groups is 4. The van der Waals surface area contributed by atoms with E-state index in [2.05, 4.69) is 5.32 Å². The summed E-state index contributed by atoms with van der Waals surface area (Å²) in [7, 11) is 0. The van der Waals surface area contributed by atoms with Gasteiger partial charge < -0.3 is 14.8 Å². The number of nitrogens with zero attached hydrogens (tertiary/aromatic N) is 1. The molecule has 0 bridgehead atoms. The van der Waals surface area contributed by atoms with Crippen LogP contribution in [0.2, 0.25) is 0 Å². The van der Waals surface area contributed by atoms with E-state index in [0.717, 1.165) is 24.2 Å². The standard InChI is InChI=1S/C17H26N2O6/c1-11-7-5-6-8-17(11)14(22)19(15(23)18-17)9-12(20)24-10-13(21)25-16(2,3)4/h11H,5-10H2,1-4H3,(H,18,23)/t11-,17-/m0/s1. The van der Waals surface area contributed by atoms with E-state index in [9.17, 15) is 19.2 Å². The van der Waals surface area contributed by atoms with Crippen molar-refractivity contribution in [1.29, 1.82) is 0 Å². The second-order valence-electron chi connectivity index (χ2n) is 7.69. The van der Waals surface area contributed by atoms with Gasteiger partial charge in [-0.1, -0.05) is 19.8 Å². The molecule has 0 unspecified atom stereocenters. The third-order valence-corrected chi connectivity index (χ3v) is 4.56. The van der Waals surface area contributed by atoms with Gasteiger partial charge in [0.1, 0.15) is 17.7 Å². The largest absolute Gasteiger partial charge is 0.457 e. The quantitative estimate of drug-likeness (QED) is 0.604. The average Bonchev–Trinajstić information content (AvgIpc) is 2.72. The molecule has 2 atom stereocenters. The molecule has 3 amide bonds. The maximum absolute atomic E-state index is 12.7. The van der Waals surface area contributed by atoms with Crippen LogP contribution in [0.15, 0.2) is 0 Å². The molecule has 8 nitrogen and oxygen atoms in total. The van der Waals surface area contributed by atoms with Gasteiger partial charge in [0.2, 0.25) is 0 Å². The molecule has 2 aliphatic rings. The lowest BCUT2D eigenvalue weighted by Crippen LogP contribution is -2.54. The Hall–Kier alpha value is -2.12. The smallest absolute Gasteiger partial charge is 0.344 e. The minimum absolute atomic E-state index is 0.0143. The lowest BCUT2D eigenvalue weighted by molar-refractivity contribution is -0.166. The van der Waals surface area contributed by atoms with E-state index in [4.69, 9.17) is 9.47 Å². The number of amides is 3. The van der Waals surface area contributed by atoms with E-state index < -0.39 is 42.3 Å². The summed E-state index contributed by atoms with van der Waals surface area (Å²) < 4.78 is 9.85. The molecule has 2 fully saturated rings. The number of carbonyl (C=O) groups excluding carboxylic acids is 4. The van der Waals surface area contributed by atoms with E-state index in [0.29, 0.717) is 6.42 Å². The molecule has 2 rings (SSSR count). The van der Waals surface area contributed by atoms with Crippen LogP contribution in [0.3, 0.4) is 0 Å². The minimum Gasteiger partial charge on any atom is -0.457 e. The first-order chi connectivity index (χ1) is 11.5. The average molecular weight is 354 g/mol. The molecule has 140 valence electrons. The van der Waals surface area contributed by atoms with Crippen molar-refractivity contribution >= 4 is 23.9 Å². The molecular formula is C17H26N2O6. The van der Waals surface area contributed by atoms with Gasteiger partial charge in [-0.15, -0.1) is 0 Å².